The molecule has 1 unspecified atom stereocenters. The summed E-state index contributed by atoms with van der Waals surface area (Å²) in [5.41, 5.74) is 8.38. The Kier molecular flexibility index (Phi) is 15.5. The van der Waals surface area contributed by atoms with Crippen LogP contribution in [0.2, 0.25) is 0 Å². The van der Waals surface area contributed by atoms with Crippen molar-refractivity contribution in [1.82, 2.24) is 0 Å². The van der Waals surface area contributed by atoms with Gasteiger partial charge in [0.15, 0.2) is 0 Å². The maximum atomic E-state index is 12.8. The lowest BCUT2D eigenvalue weighted by molar-refractivity contribution is -0.151. The van der Waals surface area contributed by atoms with Crippen molar-refractivity contribution in [2.24, 2.45) is 57.1 Å². The molecule has 4 aliphatic carbocycles. The quantitative estimate of drug-likeness (QED) is 0.0279. The number of carbonyl (C=O) groups is 3. The van der Waals surface area contributed by atoms with E-state index in [1.807, 2.05) is 0 Å². The second kappa shape index (κ2) is 18.9. The predicted molar refractivity (Wildman–Crippen MR) is 206 cm³/mol. The lowest BCUT2D eigenvalue weighted by Crippen LogP contribution is -2.51. The van der Waals surface area contributed by atoms with Gasteiger partial charge in [-0.25, -0.2) is 0 Å². The first-order chi connectivity index (χ1) is 23.7. The van der Waals surface area contributed by atoms with E-state index in [1.165, 1.54) is 62.2 Å². The van der Waals surface area contributed by atoms with Gasteiger partial charge < -0.3 is 20.7 Å². The van der Waals surface area contributed by atoms with Crippen LogP contribution in [0.25, 0.3) is 0 Å². The highest BCUT2D eigenvalue weighted by molar-refractivity contribution is 8.77. The van der Waals surface area contributed by atoms with Gasteiger partial charge in [-0.15, -0.1) is 0 Å². The largest absolute Gasteiger partial charge is 0.481 e. The molecule has 4 N–H and O–H groups in total. The number of nitrogens with zero attached hydrogens (tertiary/aromatic N) is 1. The third kappa shape index (κ3) is 10.7. The second-order valence-electron chi connectivity index (χ2n) is 16.9. The maximum absolute atomic E-state index is 12.8. The van der Waals surface area contributed by atoms with Crippen LogP contribution in [0.4, 0.5) is 0 Å². The Balaban J connectivity index is 1.15. The van der Waals surface area contributed by atoms with E-state index in [-0.39, 0.29) is 17.5 Å². The summed E-state index contributed by atoms with van der Waals surface area (Å²) >= 11 is 0. The number of aliphatic carboxylic acids is 2. The molecule has 0 amide bonds. The lowest BCUT2D eigenvalue weighted by atomic mass is 9.47. The van der Waals surface area contributed by atoms with Gasteiger partial charge in [-0.05, 0) is 111 Å². The minimum absolute atomic E-state index is 0.0192. The van der Waals surface area contributed by atoms with E-state index in [0.717, 1.165) is 78.4 Å². The highest BCUT2D eigenvalue weighted by atomic mass is 33.1. The molecule has 3 fully saturated rings. The van der Waals surface area contributed by atoms with E-state index in [0.29, 0.717) is 42.8 Å². The molecule has 10 heteroatoms. The van der Waals surface area contributed by atoms with Crippen LogP contribution in [-0.2, 0) is 19.1 Å². The summed E-state index contributed by atoms with van der Waals surface area (Å²) in [5.74, 6) is 3.88. The Morgan fingerprint density at radius 1 is 0.980 bits per heavy atom. The zero-order valence-corrected chi connectivity index (χ0v) is 33.1. The highest BCUT2D eigenvalue weighted by Gasteiger charge is 2.59. The number of carboxylic acid groups (broad SMARTS) is 2. The number of carbonyl (C=O) groups excluding carboxylic acids is 1. The Bertz CT molecular complexity index is 1220. The molecule has 0 bridgehead atoms. The van der Waals surface area contributed by atoms with Crippen molar-refractivity contribution in [2.75, 3.05) is 12.3 Å². The van der Waals surface area contributed by atoms with Gasteiger partial charge in [0.2, 0.25) is 0 Å². The molecule has 0 aromatic carbocycles. The normalized spacial score (nSPS) is 32.0. The second-order valence-corrected chi connectivity index (χ2v) is 19.6. The van der Waals surface area contributed by atoms with Crippen LogP contribution < -0.4 is 5.73 Å². The molecule has 284 valence electrons. The molecule has 0 radical (unpaired) electrons. The smallest absolute Gasteiger partial charge is 0.318 e. The molecule has 4 aliphatic rings. The summed E-state index contributed by atoms with van der Waals surface area (Å²) in [7, 11) is 2.47. The van der Waals surface area contributed by atoms with E-state index in [9.17, 15) is 14.4 Å². The minimum atomic E-state index is -1.11. The van der Waals surface area contributed by atoms with Gasteiger partial charge >= 0.3 is 17.9 Å². The summed E-state index contributed by atoms with van der Waals surface area (Å²) in [5, 5.41) is 17.0. The first kappa shape index (κ1) is 41.1. The van der Waals surface area contributed by atoms with Crippen molar-refractivity contribution < 1.29 is 29.3 Å². The molecule has 0 heterocycles. The standard InChI is InChI=1S/C40H66N2O6S2/c1-26(2)10-8-11-27(3)31-16-17-32-30-15-14-28-24-29(18-20-39(28,4)33(30)19-21-40(31,32)5)48-37(45)13-9-22-42-35(41)12-6-7-23-49-50-34(38(46)47)25-36(43)44/h14,26-27,29-34H,6-13,15-25H2,1-5H3,(H2,41,42)(H,43,44)(H,46,47)/t27-,29+,30+,31-,32+,33+,34?,39+,40-/m1/s1. The molecule has 9 atom stereocenters. The Hall–Kier alpha value is -1.68. The molecule has 0 aliphatic heterocycles. The van der Waals surface area contributed by atoms with E-state index in [2.05, 4.69) is 45.7 Å². The highest BCUT2D eigenvalue weighted by Crippen LogP contribution is 2.67. The number of esters is 1. The average Bonchev–Trinajstić information content (AvgIpc) is 3.41. The number of nitrogens with two attached hydrogens (primary N) is 1. The Morgan fingerprint density at radius 2 is 1.76 bits per heavy atom. The fourth-order valence-corrected chi connectivity index (χ4v) is 12.9. The van der Waals surface area contributed by atoms with Crippen molar-refractivity contribution in [2.45, 2.75) is 155 Å². The predicted octanol–water partition coefficient (Wildman–Crippen LogP) is 9.56. The van der Waals surface area contributed by atoms with Crippen LogP contribution >= 0.6 is 21.6 Å². The number of hydrogen-bond acceptors (Lipinski definition) is 7. The van der Waals surface area contributed by atoms with Crippen LogP contribution in [0.1, 0.15) is 144 Å². The molecule has 0 aromatic heterocycles. The van der Waals surface area contributed by atoms with Gasteiger partial charge in [-0.2, -0.15) is 0 Å². The average molecular weight is 735 g/mol. The van der Waals surface area contributed by atoms with Gasteiger partial charge in [-0.3, -0.25) is 19.4 Å². The fraction of sp³-hybridized carbons (Fsp3) is 0.850. The third-order valence-corrected chi connectivity index (χ3v) is 15.9. The van der Waals surface area contributed by atoms with Gasteiger partial charge in [0.25, 0.3) is 0 Å². The van der Waals surface area contributed by atoms with Crippen molar-refractivity contribution in [1.29, 1.82) is 0 Å². The Morgan fingerprint density at radius 3 is 2.48 bits per heavy atom. The summed E-state index contributed by atoms with van der Waals surface area (Å²) in [6, 6.07) is 0. The number of fused-ring (bicyclic) bond motifs is 5. The van der Waals surface area contributed by atoms with Gasteiger partial charge in [-0.1, -0.05) is 87.1 Å². The first-order valence-corrected chi connectivity index (χ1v) is 22.0. The monoisotopic (exact) mass is 734 g/mol. The molecule has 0 saturated heterocycles. The molecule has 3 saturated carbocycles. The summed E-state index contributed by atoms with van der Waals surface area (Å²) in [6.45, 7) is 13.0. The summed E-state index contributed by atoms with van der Waals surface area (Å²) < 4.78 is 6.02. The van der Waals surface area contributed by atoms with E-state index >= 15 is 0 Å². The van der Waals surface area contributed by atoms with Crippen LogP contribution in [0.5, 0.6) is 0 Å². The van der Waals surface area contributed by atoms with Crippen LogP contribution in [-0.4, -0.2) is 57.6 Å². The topological polar surface area (TPSA) is 139 Å². The van der Waals surface area contributed by atoms with Gasteiger partial charge in [0, 0.05) is 31.6 Å². The summed E-state index contributed by atoms with van der Waals surface area (Å²) in [6.07, 6.45) is 19.3. The number of amidine groups is 1. The van der Waals surface area contributed by atoms with Crippen LogP contribution in [0, 0.1) is 46.3 Å². The van der Waals surface area contributed by atoms with E-state index < -0.39 is 23.6 Å². The third-order valence-electron chi connectivity index (χ3n) is 13.1. The van der Waals surface area contributed by atoms with Crippen molar-refractivity contribution in [3.05, 3.63) is 11.6 Å². The zero-order valence-electron chi connectivity index (χ0n) is 31.5. The van der Waals surface area contributed by atoms with E-state index in [4.69, 9.17) is 20.7 Å². The SMILES string of the molecule is CC(C)CCC[C@@H](C)[C@H]1CC[C@H]2[C@@H]3CC=C4C[C@@H](OC(=O)CCCN=C(N)CCCCSSC(CC(=O)O)C(=O)O)CC[C@]4(C)[C@H]3CC[C@]12C. The molecule has 4 rings (SSSR count). The van der Waals surface area contributed by atoms with Crippen LogP contribution in [0.15, 0.2) is 16.6 Å². The number of allylic oxidation sites excluding steroid dienone is 1. The zero-order chi connectivity index (χ0) is 36.5. The minimum Gasteiger partial charge on any atom is -0.481 e. The van der Waals surface area contributed by atoms with Gasteiger partial charge in [0.1, 0.15) is 11.4 Å². The van der Waals surface area contributed by atoms with Crippen molar-refractivity contribution >= 4 is 45.3 Å². The molecule has 50 heavy (non-hydrogen) atoms. The van der Waals surface area contributed by atoms with Crippen molar-refractivity contribution in [3.63, 3.8) is 0 Å². The Labute approximate surface area is 309 Å². The number of carboxylic acids is 2. The van der Waals surface area contributed by atoms with Gasteiger partial charge in [0.05, 0.1) is 12.3 Å². The number of unbranched alkanes of at least 4 members (excludes halogenated alkanes) is 1. The van der Waals surface area contributed by atoms with Crippen molar-refractivity contribution in [3.8, 4) is 0 Å². The summed E-state index contributed by atoms with van der Waals surface area (Å²) in [4.78, 5) is 39.2. The molecular formula is C40H66N2O6S2. The maximum Gasteiger partial charge on any atom is 0.318 e. The lowest BCUT2D eigenvalue weighted by Gasteiger charge is -2.58. The molecule has 8 nitrogen and oxygen atoms in total. The number of aliphatic imine (C=N–C) groups is 1. The molecular weight excluding hydrogens is 669 g/mol. The fourth-order valence-electron chi connectivity index (χ4n) is 10.4. The number of hydrogen-bond donors (Lipinski definition) is 3. The van der Waals surface area contributed by atoms with E-state index in [1.54, 1.807) is 5.57 Å². The number of rotatable bonds is 20. The molecule has 0 spiro atoms. The molecule has 0 aromatic rings. The number of ether oxygens (including phenoxy) is 1. The van der Waals surface area contributed by atoms with Crippen LogP contribution in [0.3, 0.4) is 0 Å². The first-order valence-electron chi connectivity index (χ1n) is 19.6.